The number of amides is 1. The number of benzene rings is 1. The largest absolute Gasteiger partial charge is 0.495 e. The topological polar surface area (TPSA) is 60.4 Å². The quantitative estimate of drug-likeness (QED) is 0.807. The molecule has 0 aliphatic carbocycles. The van der Waals surface area contributed by atoms with Crippen LogP contribution in [-0.4, -0.2) is 67.0 Å². The van der Waals surface area contributed by atoms with Crippen LogP contribution in [0.15, 0.2) is 47.1 Å². The highest BCUT2D eigenvalue weighted by Gasteiger charge is 2.28. The van der Waals surface area contributed by atoms with Gasteiger partial charge in [-0.2, -0.15) is 0 Å². The molecule has 1 aromatic rings. The Bertz CT molecular complexity index is 862. The molecule has 0 radical (unpaired) electrons. The van der Waals surface area contributed by atoms with Crippen LogP contribution in [0.1, 0.15) is 0 Å². The van der Waals surface area contributed by atoms with Gasteiger partial charge in [0.15, 0.2) is 0 Å². The molecule has 0 bridgehead atoms. The van der Waals surface area contributed by atoms with Crippen molar-refractivity contribution >= 4 is 40.0 Å². The smallest absolute Gasteiger partial charge is 0.243 e. The second kappa shape index (κ2) is 8.03. The van der Waals surface area contributed by atoms with Gasteiger partial charge in [0, 0.05) is 49.7 Å². The Kier molecular flexibility index (Phi) is 5.48. The van der Waals surface area contributed by atoms with Crippen LogP contribution in [0.5, 0.6) is 5.75 Å². The Hall–Kier alpha value is -2.22. The number of nitrogens with one attached hydrogen (secondary N) is 1. The van der Waals surface area contributed by atoms with Crippen LogP contribution in [-0.2, 0) is 4.79 Å². The highest BCUT2D eigenvalue weighted by molar-refractivity contribution is 6.68. The number of dihydropyridines is 1. The summed E-state index contributed by atoms with van der Waals surface area (Å²) in [4.78, 5) is 21.1. The summed E-state index contributed by atoms with van der Waals surface area (Å²) in [7, 11) is 1.61. The number of carbonyl (C=O) groups is 1. The predicted octanol–water partition coefficient (Wildman–Crippen LogP) is 2.23. The Morgan fingerprint density at radius 2 is 2.04 bits per heavy atom. The number of rotatable bonds is 4. The van der Waals surface area contributed by atoms with Gasteiger partial charge in [0.25, 0.3) is 0 Å². The van der Waals surface area contributed by atoms with Crippen LogP contribution in [0.25, 0.3) is 0 Å². The Labute approximate surface area is 173 Å². The molecule has 9 heteroatoms. The molecular formula is C19H21Cl2N5O2. The van der Waals surface area contributed by atoms with Crippen molar-refractivity contribution in [3.63, 3.8) is 0 Å². The lowest BCUT2D eigenvalue weighted by atomic mass is 10.2. The zero-order chi connectivity index (χ0) is 19.7. The molecule has 7 nitrogen and oxygen atoms in total. The number of allylic oxidation sites excluding steroid dienone is 1. The summed E-state index contributed by atoms with van der Waals surface area (Å²) >= 11 is 12.0. The van der Waals surface area contributed by atoms with E-state index in [1.54, 1.807) is 18.2 Å². The molecule has 4 rings (SSSR count). The van der Waals surface area contributed by atoms with E-state index in [9.17, 15) is 4.79 Å². The van der Waals surface area contributed by atoms with E-state index in [-0.39, 0.29) is 18.6 Å². The number of nitrogens with zero attached hydrogens (tertiary/aromatic N) is 4. The number of anilines is 1. The Morgan fingerprint density at radius 3 is 2.79 bits per heavy atom. The van der Waals surface area contributed by atoms with E-state index in [2.05, 4.69) is 15.3 Å². The molecule has 1 aromatic carbocycles. The normalized spacial score (nSPS) is 21.4. The maximum atomic E-state index is 12.7. The van der Waals surface area contributed by atoms with Crippen molar-refractivity contribution in [1.82, 2.24) is 15.3 Å². The highest BCUT2D eigenvalue weighted by atomic mass is 35.5. The standard InChI is InChI=1S/C19H21Cl2N5O2/c1-28-16-10-14(3-4-15(16)20)24-6-8-25(9-7-24)18(27)12-26-11-13-2-5-17(21)22-19(13)23-26/h2-5,10-11,19,23H,6-9,12H2,1H3. The van der Waals surface area contributed by atoms with Gasteiger partial charge >= 0.3 is 0 Å². The molecule has 1 amide bonds. The van der Waals surface area contributed by atoms with E-state index in [4.69, 9.17) is 27.9 Å². The lowest BCUT2D eigenvalue weighted by molar-refractivity contribution is -0.132. The van der Waals surface area contributed by atoms with Crippen LogP contribution in [0.2, 0.25) is 5.02 Å². The zero-order valence-corrected chi connectivity index (χ0v) is 17.0. The van der Waals surface area contributed by atoms with E-state index in [0.29, 0.717) is 29.0 Å². The second-order valence-corrected chi connectivity index (χ2v) is 7.55. The summed E-state index contributed by atoms with van der Waals surface area (Å²) in [6.07, 6.45) is 5.36. The van der Waals surface area contributed by atoms with Gasteiger partial charge in [-0.05, 0) is 18.2 Å². The second-order valence-electron chi connectivity index (χ2n) is 6.76. The summed E-state index contributed by atoms with van der Waals surface area (Å²) < 4.78 is 5.29. The maximum absolute atomic E-state index is 12.7. The number of halogens is 2. The van der Waals surface area contributed by atoms with Crippen molar-refractivity contribution in [3.8, 4) is 5.75 Å². The number of methoxy groups -OCH3 is 1. The number of hydrogen-bond donors (Lipinski definition) is 1. The molecular weight excluding hydrogens is 401 g/mol. The summed E-state index contributed by atoms with van der Waals surface area (Å²) in [6.45, 7) is 3.12. The van der Waals surface area contributed by atoms with Gasteiger partial charge in [-0.1, -0.05) is 29.3 Å². The van der Waals surface area contributed by atoms with Crippen LogP contribution >= 0.6 is 23.2 Å². The molecule has 3 heterocycles. The summed E-state index contributed by atoms with van der Waals surface area (Å²) in [5.74, 6) is 0.736. The van der Waals surface area contributed by atoms with E-state index in [1.165, 1.54) is 0 Å². The van der Waals surface area contributed by atoms with Gasteiger partial charge < -0.3 is 19.5 Å². The van der Waals surface area contributed by atoms with Crippen LogP contribution < -0.4 is 15.1 Å². The molecule has 1 atom stereocenters. The Balaban J connectivity index is 1.31. The third-order valence-corrected chi connectivity index (χ3v) is 5.55. The van der Waals surface area contributed by atoms with Gasteiger partial charge in [0.2, 0.25) is 5.91 Å². The molecule has 148 valence electrons. The van der Waals surface area contributed by atoms with Crippen molar-refractivity contribution < 1.29 is 9.53 Å². The fourth-order valence-corrected chi connectivity index (χ4v) is 3.84. The molecule has 1 N–H and O–H groups in total. The minimum absolute atomic E-state index is 0.0791. The van der Waals surface area contributed by atoms with E-state index >= 15 is 0 Å². The average Bonchev–Trinajstić information content (AvgIpc) is 3.09. The summed E-state index contributed by atoms with van der Waals surface area (Å²) in [6, 6.07) is 5.74. The number of ether oxygens (including phenoxy) is 1. The molecule has 3 aliphatic rings. The first-order valence-corrected chi connectivity index (χ1v) is 9.81. The number of carbonyl (C=O) groups excluding carboxylic acids is 1. The van der Waals surface area contributed by atoms with Gasteiger partial charge in [0.1, 0.15) is 23.6 Å². The van der Waals surface area contributed by atoms with E-state index in [1.807, 2.05) is 35.4 Å². The third-order valence-electron chi connectivity index (χ3n) is 5.01. The number of hydrogen-bond acceptors (Lipinski definition) is 6. The SMILES string of the molecule is COc1cc(N2CCN(C(=O)CN3C=C4C=CC(Cl)=NC4N3)CC2)ccc1Cl. The monoisotopic (exact) mass is 421 g/mol. The number of aliphatic imine (C=N–C) groups is 1. The number of fused-ring (bicyclic) bond motifs is 1. The molecule has 0 spiro atoms. The highest BCUT2D eigenvalue weighted by Crippen LogP contribution is 2.30. The summed E-state index contributed by atoms with van der Waals surface area (Å²) in [5.41, 5.74) is 5.22. The molecule has 3 aliphatic heterocycles. The predicted molar refractivity (Wildman–Crippen MR) is 111 cm³/mol. The van der Waals surface area contributed by atoms with Crippen LogP contribution in [0, 0.1) is 0 Å². The summed E-state index contributed by atoms with van der Waals surface area (Å²) in [5, 5.41) is 2.83. The van der Waals surface area contributed by atoms with Crippen LogP contribution in [0.4, 0.5) is 5.69 Å². The van der Waals surface area contributed by atoms with Crippen LogP contribution in [0.3, 0.4) is 0 Å². The first kappa shape index (κ1) is 19.1. The third kappa shape index (κ3) is 3.97. The minimum atomic E-state index is -0.206. The van der Waals surface area contributed by atoms with Crippen molar-refractivity contribution in [2.45, 2.75) is 6.17 Å². The van der Waals surface area contributed by atoms with Crippen molar-refractivity contribution in [2.75, 3.05) is 44.7 Å². The molecule has 0 saturated carbocycles. The maximum Gasteiger partial charge on any atom is 0.243 e. The average molecular weight is 422 g/mol. The van der Waals surface area contributed by atoms with Gasteiger partial charge in [-0.25, -0.2) is 10.4 Å². The fourth-order valence-electron chi connectivity index (χ4n) is 3.48. The van der Waals surface area contributed by atoms with Gasteiger partial charge in [0.05, 0.1) is 12.1 Å². The molecule has 1 unspecified atom stereocenters. The van der Waals surface area contributed by atoms with Crippen molar-refractivity contribution in [2.24, 2.45) is 4.99 Å². The van der Waals surface area contributed by atoms with Gasteiger partial charge in [-0.3, -0.25) is 4.79 Å². The number of piperazine rings is 1. The lowest BCUT2D eigenvalue weighted by Crippen LogP contribution is -2.52. The molecule has 1 saturated heterocycles. The first-order valence-electron chi connectivity index (χ1n) is 9.05. The first-order chi connectivity index (χ1) is 13.5. The Morgan fingerprint density at radius 1 is 1.25 bits per heavy atom. The molecule has 0 aromatic heterocycles. The lowest BCUT2D eigenvalue weighted by Gasteiger charge is -2.36. The van der Waals surface area contributed by atoms with Crippen molar-refractivity contribution in [3.05, 3.63) is 47.1 Å². The van der Waals surface area contributed by atoms with Crippen molar-refractivity contribution in [1.29, 1.82) is 0 Å². The number of hydrazine groups is 1. The minimum Gasteiger partial charge on any atom is -0.495 e. The van der Waals surface area contributed by atoms with Gasteiger partial charge in [-0.15, -0.1) is 0 Å². The van der Waals surface area contributed by atoms with E-state index < -0.39 is 0 Å². The fraction of sp³-hybridized carbons (Fsp3) is 0.368. The molecule has 28 heavy (non-hydrogen) atoms. The molecule has 1 fully saturated rings. The zero-order valence-electron chi connectivity index (χ0n) is 15.4. The van der Waals surface area contributed by atoms with E-state index in [0.717, 1.165) is 24.4 Å².